The van der Waals surface area contributed by atoms with Crippen LogP contribution in [0.3, 0.4) is 0 Å². The smallest absolute Gasteiger partial charge is 0.231 e. The molecule has 0 heterocycles. The van der Waals surface area contributed by atoms with E-state index in [0.717, 1.165) is 6.42 Å². The maximum Gasteiger partial charge on any atom is 0.231 e. The lowest BCUT2D eigenvalue weighted by Gasteiger charge is -1.90. The van der Waals surface area contributed by atoms with Gasteiger partial charge in [-0.15, -0.1) is 0 Å². The van der Waals surface area contributed by atoms with Crippen LogP contribution in [0, 0.1) is 47.5 Å². The maximum atomic E-state index is 10.9. The summed E-state index contributed by atoms with van der Waals surface area (Å²) in [5.41, 5.74) is 0. The molecule has 0 aromatic rings. The summed E-state index contributed by atoms with van der Waals surface area (Å²) >= 11 is 0. The van der Waals surface area contributed by atoms with E-state index in [1.807, 2.05) is 6.92 Å². The van der Waals surface area contributed by atoms with Gasteiger partial charge in [-0.25, -0.2) is 0 Å². The number of carbonyl (C=O) groups is 1. The molecule has 0 unspecified atom stereocenters. The SMILES string of the molecule is CC#CC#CC#CC#CNC(=O)CCC. The molecule has 0 aromatic carbocycles. The Kier molecular flexibility index (Phi) is 8.30. The van der Waals surface area contributed by atoms with Gasteiger partial charge in [-0.2, -0.15) is 0 Å². The van der Waals surface area contributed by atoms with Crippen molar-refractivity contribution >= 4 is 5.91 Å². The summed E-state index contributed by atoms with van der Waals surface area (Å²) in [5, 5.41) is 2.41. The first-order chi connectivity index (χ1) is 7.31. The third kappa shape index (κ3) is 9.63. The zero-order chi connectivity index (χ0) is 11.4. The van der Waals surface area contributed by atoms with Crippen molar-refractivity contribution in [3.05, 3.63) is 0 Å². The molecule has 0 aliphatic heterocycles. The van der Waals surface area contributed by atoms with E-state index in [-0.39, 0.29) is 5.91 Å². The van der Waals surface area contributed by atoms with Crippen molar-refractivity contribution in [3.8, 4) is 47.5 Å². The molecule has 1 N–H and O–H groups in total. The van der Waals surface area contributed by atoms with E-state index >= 15 is 0 Å². The zero-order valence-electron chi connectivity index (χ0n) is 8.82. The van der Waals surface area contributed by atoms with Gasteiger partial charge in [0.15, 0.2) is 0 Å². The highest BCUT2D eigenvalue weighted by Gasteiger charge is 1.92. The van der Waals surface area contributed by atoms with Crippen LogP contribution in [0.1, 0.15) is 26.7 Å². The van der Waals surface area contributed by atoms with Gasteiger partial charge in [0.05, 0.1) is 0 Å². The predicted octanol–water partition coefficient (Wildman–Crippen LogP) is 0.894. The second-order valence-corrected chi connectivity index (χ2v) is 2.42. The Morgan fingerprint density at radius 1 is 1.07 bits per heavy atom. The fourth-order valence-electron chi connectivity index (χ4n) is 0.609. The van der Waals surface area contributed by atoms with E-state index < -0.39 is 0 Å². The number of rotatable bonds is 2. The summed E-state index contributed by atoms with van der Waals surface area (Å²) in [7, 11) is 0. The van der Waals surface area contributed by atoms with Crippen LogP contribution in [0.4, 0.5) is 0 Å². The molecule has 0 rings (SSSR count). The van der Waals surface area contributed by atoms with Crippen molar-refractivity contribution in [2.45, 2.75) is 26.7 Å². The Balaban J connectivity index is 3.94. The maximum absolute atomic E-state index is 10.9. The lowest BCUT2D eigenvalue weighted by atomic mass is 10.3. The van der Waals surface area contributed by atoms with Gasteiger partial charge in [-0.05, 0) is 31.1 Å². The van der Waals surface area contributed by atoms with Crippen LogP contribution < -0.4 is 5.32 Å². The second kappa shape index (κ2) is 9.80. The summed E-state index contributed by atoms with van der Waals surface area (Å²) in [6, 6.07) is 2.43. The molecule has 0 aliphatic rings. The monoisotopic (exact) mass is 197 g/mol. The highest BCUT2D eigenvalue weighted by molar-refractivity contribution is 5.77. The number of nitrogens with one attached hydrogen (secondary N) is 1. The Morgan fingerprint density at radius 3 is 2.27 bits per heavy atom. The fourth-order valence-corrected chi connectivity index (χ4v) is 0.609. The number of amides is 1. The standard InChI is InChI=1S/C13H11NO/c1-3-5-6-7-8-9-10-12-14-13(15)11-4-2/h4,11H2,1-2H3,(H,14,15). The van der Waals surface area contributed by atoms with Gasteiger partial charge in [0.25, 0.3) is 0 Å². The van der Waals surface area contributed by atoms with E-state index in [4.69, 9.17) is 0 Å². The summed E-state index contributed by atoms with van der Waals surface area (Å²) in [5.74, 6) is 17.5. The van der Waals surface area contributed by atoms with E-state index in [1.165, 1.54) is 0 Å². The van der Waals surface area contributed by atoms with E-state index in [9.17, 15) is 4.79 Å². The molecule has 0 saturated carbocycles. The van der Waals surface area contributed by atoms with E-state index in [2.05, 4.69) is 52.8 Å². The predicted molar refractivity (Wildman–Crippen MR) is 59.8 cm³/mol. The number of hydrogen-bond acceptors (Lipinski definition) is 1. The number of hydrogen-bond donors (Lipinski definition) is 1. The van der Waals surface area contributed by atoms with Crippen LogP contribution >= 0.6 is 0 Å². The first-order valence-corrected chi connectivity index (χ1v) is 4.51. The van der Waals surface area contributed by atoms with Crippen LogP contribution in [0.2, 0.25) is 0 Å². The van der Waals surface area contributed by atoms with Crippen LogP contribution in [-0.4, -0.2) is 5.91 Å². The van der Waals surface area contributed by atoms with Gasteiger partial charge in [0.1, 0.15) is 0 Å². The van der Waals surface area contributed by atoms with Crippen LogP contribution in [0.5, 0.6) is 0 Å². The van der Waals surface area contributed by atoms with Gasteiger partial charge in [0, 0.05) is 30.2 Å². The molecule has 1 amide bonds. The van der Waals surface area contributed by atoms with Gasteiger partial charge in [0.2, 0.25) is 5.91 Å². The average molecular weight is 197 g/mol. The van der Waals surface area contributed by atoms with E-state index in [0.29, 0.717) is 6.42 Å². The van der Waals surface area contributed by atoms with Gasteiger partial charge >= 0.3 is 0 Å². The zero-order valence-corrected chi connectivity index (χ0v) is 8.82. The first-order valence-electron chi connectivity index (χ1n) is 4.51. The van der Waals surface area contributed by atoms with Crippen molar-refractivity contribution in [2.75, 3.05) is 0 Å². The Hall–Kier alpha value is -2.29. The second-order valence-electron chi connectivity index (χ2n) is 2.42. The lowest BCUT2D eigenvalue weighted by Crippen LogP contribution is -2.16. The summed E-state index contributed by atoms with van der Waals surface area (Å²) in [4.78, 5) is 10.9. The van der Waals surface area contributed by atoms with Crippen molar-refractivity contribution < 1.29 is 4.79 Å². The first kappa shape index (κ1) is 12.7. The Bertz CT molecular complexity index is 444. The average Bonchev–Trinajstić information content (AvgIpc) is 2.22. The normalized spacial score (nSPS) is 6.00. The van der Waals surface area contributed by atoms with Gasteiger partial charge in [-0.3, -0.25) is 10.1 Å². The lowest BCUT2D eigenvalue weighted by molar-refractivity contribution is -0.119. The highest BCUT2D eigenvalue weighted by Crippen LogP contribution is 1.83. The summed E-state index contributed by atoms with van der Waals surface area (Å²) in [6.07, 6.45) is 1.29. The minimum absolute atomic E-state index is 0.0882. The van der Waals surface area contributed by atoms with Crippen molar-refractivity contribution in [3.63, 3.8) is 0 Å². The van der Waals surface area contributed by atoms with Crippen LogP contribution in [-0.2, 0) is 4.79 Å². The Labute approximate surface area is 90.8 Å². The molecule has 0 spiro atoms. The third-order valence-electron chi connectivity index (χ3n) is 1.18. The molecule has 0 fully saturated rings. The molecule has 0 atom stereocenters. The topological polar surface area (TPSA) is 29.1 Å². The van der Waals surface area contributed by atoms with Crippen LogP contribution in [0.15, 0.2) is 0 Å². The third-order valence-corrected chi connectivity index (χ3v) is 1.18. The fraction of sp³-hybridized carbons (Fsp3) is 0.308. The Morgan fingerprint density at radius 2 is 1.67 bits per heavy atom. The molecule has 0 saturated heterocycles. The number of carbonyl (C=O) groups excluding carboxylic acids is 1. The minimum atomic E-state index is -0.0882. The molecule has 2 nitrogen and oxygen atoms in total. The van der Waals surface area contributed by atoms with Gasteiger partial charge < -0.3 is 0 Å². The molecule has 0 radical (unpaired) electrons. The van der Waals surface area contributed by atoms with Crippen molar-refractivity contribution in [1.29, 1.82) is 0 Å². The van der Waals surface area contributed by atoms with Crippen molar-refractivity contribution in [2.24, 2.45) is 0 Å². The van der Waals surface area contributed by atoms with Crippen LogP contribution in [0.25, 0.3) is 0 Å². The largest absolute Gasteiger partial charge is 0.284 e. The molecule has 74 valence electrons. The molecule has 0 aromatic heterocycles. The quantitative estimate of drug-likeness (QED) is 0.517. The molecule has 15 heavy (non-hydrogen) atoms. The van der Waals surface area contributed by atoms with E-state index in [1.54, 1.807) is 6.92 Å². The summed E-state index contributed by atoms with van der Waals surface area (Å²) < 4.78 is 0. The van der Waals surface area contributed by atoms with Crippen molar-refractivity contribution in [1.82, 2.24) is 5.32 Å². The molecular weight excluding hydrogens is 186 g/mol. The summed E-state index contributed by atoms with van der Waals surface area (Å²) in [6.45, 7) is 3.63. The highest BCUT2D eigenvalue weighted by atomic mass is 16.1. The molecule has 0 aliphatic carbocycles. The molecule has 0 bridgehead atoms. The molecular formula is C13H11NO. The molecule has 2 heteroatoms. The van der Waals surface area contributed by atoms with Gasteiger partial charge in [-0.1, -0.05) is 12.8 Å². The minimum Gasteiger partial charge on any atom is -0.284 e.